The van der Waals surface area contributed by atoms with Crippen LogP contribution in [0.5, 0.6) is 0 Å². The molecule has 0 aromatic heterocycles. The van der Waals surface area contributed by atoms with Crippen LogP contribution in [0.3, 0.4) is 0 Å². The largest absolute Gasteiger partial charge is 0.345 e. The number of sulfone groups is 1. The van der Waals surface area contributed by atoms with Gasteiger partial charge in [-0.25, -0.2) is 8.42 Å². The number of amides is 1. The third-order valence-electron chi connectivity index (χ3n) is 4.54. The van der Waals surface area contributed by atoms with Crippen molar-refractivity contribution in [3.05, 3.63) is 64.7 Å². The van der Waals surface area contributed by atoms with Crippen LogP contribution in [-0.2, 0) is 14.6 Å². The van der Waals surface area contributed by atoms with Gasteiger partial charge in [-0.3, -0.25) is 4.79 Å². The molecule has 1 aliphatic rings. The number of benzene rings is 2. The van der Waals surface area contributed by atoms with E-state index in [4.69, 9.17) is 11.6 Å². The van der Waals surface area contributed by atoms with E-state index in [1.165, 1.54) is 6.26 Å². The molecule has 2 N–H and O–H groups in total. The summed E-state index contributed by atoms with van der Waals surface area (Å²) in [7, 11) is -3.34. The summed E-state index contributed by atoms with van der Waals surface area (Å²) < 4.78 is 23.8. The third kappa shape index (κ3) is 4.44. The lowest BCUT2D eigenvalue weighted by molar-refractivity contribution is -0.124. The van der Waals surface area contributed by atoms with E-state index in [1.807, 2.05) is 18.2 Å². The van der Waals surface area contributed by atoms with Gasteiger partial charge in [-0.05, 0) is 48.4 Å². The lowest BCUT2D eigenvalue weighted by Gasteiger charge is -2.22. The van der Waals surface area contributed by atoms with Crippen LogP contribution in [0.1, 0.15) is 23.6 Å². The van der Waals surface area contributed by atoms with Crippen LogP contribution in [0.2, 0.25) is 5.02 Å². The maximum absolute atomic E-state index is 12.7. The first kappa shape index (κ1) is 18.9. The number of carbonyl (C=O) groups excluding carboxylic acids is 1. The third-order valence-corrected chi connectivity index (χ3v) is 5.90. The van der Waals surface area contributed by atoms with Gasteiger partial charge in [0, 0.05) is 17.8 Å². The summed E-state index contributed by atoms with van der Waals surface area (Å²) in [5.74, 6) is -0.123. The average Bonchev–Trinajstić information content (AvgIpc) is 3.14. The van der Waals surface area contributed by atoms with Crippen LogP contribution in [0.15, 0.2) is 53.4 Å². The zero-order valence-corrected chi connectivity index (χ0v) is 16.0. The van der Waals surface area contributed by atoms with Crippen LogP contribution in [0.4, 0.5) is 0 Å². The van der Waals surface area contributed by atoms with Crippen molar-refractivity contribution in [2.75, 3.05) is 19.3 Å². The minimum absolute atomic E-state index is 0.0419. The van der Waals surface area contributed by atoms with Crippen molar-refractivity contribution in [1.82, 2.24) is 10.6 Å². The molecular formula is C19H21ClN2O3S. The number of nitrogens with one attached hydrogen (secondary N) is 2. The topological polar surface area (TPSA) is 75.3 Å². The van der Waals surface area contributed by atoms with Gasteiger partial charge < -0.3 is 10.6 Å². The van der Waals surface area contributed by atoms with Crippen molar-refractivity contribution in [2.45, 2.75) is 17.4 Å². The molecule has 0 saturated carbocycles. The molecular weight excluding hydrogens is 372 g/mol. The van der Waals surface area contributed by atoms with Crippen molar-refractivity contribution in [3.63, 3.8) is 0 Å². The molecule has 1 aliphatic heterocycles. The first-order valence-electron chi connectivity index (χ1n) is 8.41. The molecule has 0 spiro atoms. The van der Waals surface area contributed by atoms with Crippen LogP contribution >= 0.6 is 11.6 Å². The molecule has 2 unspecified atom stereocenters. The summed E-state index contributed by atoms with van der Waals surface area (Å²) in [6, 6.07) is 13.4. The second-order valence-electron chi connectivity index (χ2n) is 6.53. The zero-order valence-electron chi connectivity index (χ0n) is 14.4. The highest BCUT2D eigenvalue weighted by Crippen LogP contribution is 2.26. The standard InChI is InChI=1S/C19H21ClN2O3S/c1-26(24,25)17-4-2-3-14(11-17)18(13-5-7-16(20)8-6-13)22-19(23)15-9-10-21-12-15/h2-8,11,15,18,21H,9-10,12H2,1H3,(H,22,23). The first-order valence-corrected chi connectivity index (χ1v) is 10.7. The molecule has 5 nitrogen and oxygen atoms in total. The van der Waals surface area contributed by atoms with E-state index in [0.29, 0.717) is 11.6 Å². The van der Waals surface area contributed by atoms with Crippen LogP contribution in [-0.4, -0.2) is 33.7 Å². The molecule has 2 atom stereocenters. The fraction of sp³-hybridized carbons (Fsp3) is 0.316. The molecule has 0 aliphatic carbocycles. The Kier molecular flexibility index (Phi) is 5.65. The van der Waals surface area contributed by atoms with Crippen molar-refractivity contribution >= 4 is 27.3 Å². The Morgan fingerprint density at radius 3 is 2.54 bits per heavy atom. The van der Waals surface area contributed by atoms with Gasteiger partial charge in [0.05, 0.1) is 16.9 Å². The molecule has 26 heavy (non-hydrogen) atoms. The molecule has 3 rings (SSSR count). The Balaban J connectivity index is 1.97. The Bertz CT molecular complexity index is 891. The van der Waals surface area contributed by atoms with Gasteiger partial charge >= 0.3 is 0 Å². The Hall–Kier alpha value is -1.89. The highest BCUT2D eigenvalue weighted by atomic mass is 35.5. The number of rotatable bonds is 5. The Labute approximate surface area is 158 Å². The van der Waals surface area contributed by atoms with Crippen LogP contribution in [0.25, 0.3) is 0 Å². The predicted molar refractivity (Wildman–Crippen MR) is 102 cm³/mol. The van der Waals surface area contributed by atoms with E-state index in [2.05, 4.69) is 10.6 Å². The van der Waals surface area contributed by atoms with E-state index in [-0.39, 0.29) is 16.7 Å². The number of hydrogen-bond donors (Lipinski definition) is 2. The zero-order chi connectivity index (χ0) is 18.7. The maximum Gasteiger partial charge on any atom is 0.225 e. The summed E-state index contributed by atoms with van der Waals surface area (Å²) >= 11 is 5.98. The monoisotopic (exact) mass is 392 g/mol. The fourth-order valence-corrected chi connectivity index (χ4v) is 3.88. The summed E-state index contributed by atoms with van der Waals surface area (Å²) in [5.41, 5.74) is 1.56. The van der Waals surface area contributed by atoms with Crippen molar-refractivity contribution in [1.29, 1.82) is 0 Å². The minimum atomic E-state index is -3.34. The van der Waals surface area contributed by atoms with Crippen molar-refractivity contribution in [3.8, 4) is 0 Å². The van der Waals surface area contributed by atoms with E-state index in [9.17, 15) is 13.2 Å². The number of hydrogen-bond acceptors (Lipinski definition) is 4. The second kappa shape index (κ2) is 7.78. The SMILES string of the molecule is CS(=O)(=O)c1cccc(C(NC(=O)C2CCNC2)c2ccc(Cl)cc2)c1. The smallest absolute Gasteiger partial charge is 0.225 e. The molecule has 2 aromatic carbocycles. The van der Waals surface area contributed by atoms with E-state index < -0.39 is 15.9 Å². The van der Waals surface area contributed by atoms with Crippen molar-refractivity contribution in [2.24, 2.45) is 5.92 Å². The van der Waals surface area contributed by atoms with Gasteiger partial charge in [0.1, 0.15) is 0 Å². The Morgan fingerprint density at radius 2 is 1.92 bits per heavy atom. The average molecular weight is 393 g/mol. The molecule has 0 radical (unpaired) electrons. The van der Waals surface area contributed by atoms with Crippen molar-refractivity contribution < 1.29 is 13.2 Å². The van der Waals surface area contributed by atoms with Gasteiger partial charge in [-0.1, -0.05) is 35.9 Å². The Morgan fingerprint density at radius 1 is 1.19 bits per heavy atom. The fourth-order valence-electron chi connectivity index (χ4n) is 3.08. The summed E-state index contributed by atoms with van der Waals surface area (Å²) in [4.78, 5) is 12.9. The molecule has 7 heteroatoms. The predicted octanol–water partition coefficient (Wildman–Crippen LogP) is 2.56. The summed E-state index contributed by atoms with van der Waals surface area (Å²) in [6.07, 6.45) is 1.97. The molecule has 1 saturated heterocycles. The summed E-state index contributed by atoms with van der Waals surface area (Å²) in [5, 5.41) is 6.86. The lowest BCUT2D eigenvalue weighted by Crippen LogP contribution is -2.35. The minimum Gasteiger partial charge on any atom is -0.345 e. The van der Waals surface area contributed by atoms with Crippen LogP contribution < -0.4 is 10.6 Å². The van der Waals surface area contributed by atoms with E-state index in [0.717, 1.165) is 24.1 Å². The van der Waals surface area contributed by atoms with Crippen LogP contribution in [0, 0.1) is 5.92 Å². The quantitative estimate of drug-likeness (QED) is 0.820. The van der Waals surface area contributed by atoms with E-state index in [1.54, 1.807) is 30.3 Å². The van der Waals surface area contributed by atoms with E-state index >= 15 is 0 Å². The number of carbonyl (C=O) groups is 1. The van der Waals surface area contributed by atoms with Gasteiger partial charge in [-0.2, -0.15) is 0 Å². The molecule has 138 valence electrons. The maximum atomic E-state index is 12.7. The van der Waals surface area contributed by atoms with Gasteiger partial charge in [0.25, 0.3) is 0 Å². The van der Waals surface area contributed by atoms with Gasteiger partial charge in [0.15, 0.2) is 9.84 Å². The highest BCUT2D eigenvalue weighted by molar-refractivity contribution is 7.90. The normalized spacial score (nSPS) is 18.5. The number of halogens is 1. The van der Waals surface area contributed by atoms with Gasteiger partial charge in [0.2, 0.25) is 5.91 Å². The first-order chi connectivity index (χ1) is 12.3. The molecule has 2 aromatic rings. The molecule has 1 amide bonds. The van der Waals surface area contributed by atoms with Gasteiger partial charge in [-0.15, -0.1) is 0 Å². The highest BCUT2D eigenvalue weighted by Gasteiger charge is 2.26. The lowest BCUT2D eigenvalue weighted by atomic mass is 9.97. The summed E-state index contributed by atoms with van der Waals surface area (Å²) in [6.45, 7) is 1.48. The molecule has 1 fully saturated rings. The molecule has 0 bridgehead atoms. The second-order valence-corrected chi connectivity index (χ2v) is 8.98. The molecule has 1 heterocycles.